The Kier molecular flexibility index (Phi) is 9.89. The lowest BCUT2D eigenvalue weighted by Gasteiger charge is -2.40. The van der Waals surface area contributed by atoms with E-state index in [0.717, 1.165) is 6.08 Å². The number of benzene rings is 2. The van der Waals surface area contributed by atoms with Crippen LogP contribution in [0.4, 0.5) is 0 Å². The van der Waals surface area contributed by atoms with E-state index in [-0.39, 0.29) is 29.6 Å². The normalized spacial score (nSPS) is 23.8. The van der Waals surface area contributed by atoms with Gasteiger partial charge in [0.1, 0.15) is 36.8 Å². The lowest BCUT2D eigenvalue weighted by molar-refractivity contribution is -0.278. The highest BCUT2D eigenvalue weighted by Gasteiger charge is 2.46. The van der Waals surface area contributed by atoms with E-state index in [1.807, 2.05) is 0 Å². The number of aromatic hydroxyl groups is 1. The molecule has 0 aliphatic carbocycles. The Morgan fingerprint density at radius 3 is 2.19 bits per heavy atom. The molecule has 5 atom stereocenters. The van der Waals surface area contributed by atoms with E-state index in [0.29, 0.717) is 11.1 Å². The molecular formula is C26H30O11. The molecule has 0 saturated carbocycles. The average molecular weight is 519 g/mol. The maximum Gasteiger partial charge on any atom is 0.330 e. The maximum atomic E-state index is 12.1. The molecule has 37 heavy (non-hydrogen) atoms. The summed E-state index contributed by atoms with van der Waals surface area (Å²) in [6.07, 6.45) is -1.80. The van der Waals surface area contributed by atoms with Gasteiger partial charge < -0.3 is 49.2 Å². The van der Waals surface area contributed by atoms with Crippen molar-refractivity contribution in [3.8, 4) is 23.0 Å². The van der Waals surface area contributed by atoms with Crippen molar-refractivity contribution in [2.24, 2.45) is 0 Å². The molecule has 0 unspecified atom stereocenters. The first-order valence-electron chi connectivity index (χ1n) is 11.3. The second-order valence-electron chi connectivity index (χ2n) is 8.03. The van der Waals surface area contributed by atoms with E-state index in [1.54, 1.807) is 30.3 Å². The van der Waals surface area contributed by atoms with E-state index >= 15 is 0 Å². The summed E-state index contributed by atoms with van der Waals surface area (Å²) < 4.78 is 27.3. The van der Waals surface area contributed by atoms with Crippen LogP contribution in [0.1, 0.15) is 11.1 Å². The van der Waals surface area contributed by atoms with Crippen molar-refractivity contribution in [1.29, 1.82) is 0 Å². The predicted octanol–water partition coefficient (Wildman–Crippen LogP) is 0.858. The van der Waals surface area contributed by atoms with Gasteiger partial charge in [-0.15, -0.1) is 0 Å². The van der Waals surface area contributed by atoms with Gasteiger partial charge in [0.2, 0.25) is 12.0 Å². The molecule has 0 amide bonds. The Hall–Kier alpha value is -3.61. The number of methoxy groups -OCH3 is 2. The van der Waals surface area contributed by atoms with E-state index < -0.39 is 43.3 Å². The zero-order chi connectivity index (χ0) is 26.9. The number of hydrogen-bond donors (Lipinski definition) is 5. The van der Waals surface area contributed by atoms with Crippen LogP contribution in [0.3, 0.4) is 0 Å². The van der Waals surface area contributed by atoms with Crippen LogP contribution in [-0.2, 0) is 14.3 Å². The molecule has 2 aromatic rings. The summed E-state index contributed by atoms with van der Waals surface area (Å²) >= 11 is 0. The third-order valence-corrected chi connectivity index (χ3v) is 5.50. The van der Waals surface area contributed by atoms with Crippen LogP contribution >= 0.6 is 0 Å². The van der Waals surface area contributed by atoms with E-state index in [2.05, 4.69) is 0 Å². The topological polar surface area (TPSA) is 164 Å². The number of phenols is 1. The molecule has 3 rings (SSSR count). The zero-order valence-corrected chi connectivity index (χ0v) is 20.3. The van der Waals surface area contributed by atoms with Crippen LogP contribution in [0.15, 0.2) is 48.6 Å². The predicted molar refractivity (Wildman–Crippen MR) is 131 cm³/mol. The molecule has 5 N–H and O–H groups in total. The Morgan fingerprint density at radius 1 is 0.946 bits per heavy atom. The summed E-state index contributed by atoms with van der Waals surface area (Å²) in [5, 5.41) is 49.5. The number of carbonyl (C=O) groups excluding carboxylic acids is 1. The third kappa shape index (κ3) is 7.21. The lowest BCUT2D eigenvalue weighted by Crippen LogP contribution is -2.60. The highest BCUT2D eigenvalue weighted by Crippen LogP contribution is 2.41. The van der Waals surface area contributed by atoms with Crippen LogP contribution in [0.25, 0.3) is 12.2 Å². The highest BCUT2D eigenvalue weighted by atomic mass is 16.7. The number of aliphatic hydroxyl groups is 4. The number of esters is 1. The SMILES string of the molecule is COc1cc(/C=C/CO)cc(OC)c1O[C@@H]1O[C@H](COC(=O)/C=C/c2ccc(O)cc2)[C@@H](O)[C@H](O)[C@H]1O. The largest absolute Gasteiger partial charge is 0.508 e. The van der Waals surface area contributed by atoms with Crippen LogP contribution in [0.5, 0.6) is 23.0 Å². The molecular weight excluding hydrogens is 488 g/mol. The molecule has 1 saturated heterocycles. The van der Waals surface area contributed by atoms with Crippen molar-refractivity contribution in [3.63, 3.8) is 0 Å². The molecule has 0 bridgehead atoms. The van der Waals surface area contributed by atoms with Crippen molar-refractivity contribution >= 4 is 18.1 Å². The Balaban J connectivity index is 1.71. The molecule has 1 fully saturated rings. The molecule has 11 nitrogen and oxygen atoms in total. The minimum atomic E-state index is -1.67. The van der Waals surface area contributed by atoms with Gasteiger partial charge in [-0.05, 0) is 41.5 Å². The summed E-state index contributed by atoms with van der Waals surface area (Å²) in [6.45, 7) is -0.605. The van der Waals surface area contributed by atoms with E-state index in [1.165, 1.54) is 38.5 Å². The first-order valence-corrected chi connectivity index (χ1v) is 11.3. The second kappa shape index (κ2) is 13.1. The van der Waals surface area contributed by atoms with Crippen molar-refractivity contribution in [3.05, 3.63) is 59.7 Å². The fourth-order valence-electron chi connectivity index (χ4n) is 3.53. The van der Waals surface area contributed by atoms with Crippen molar-refractivity contribution in [2.75, 3.05) is 27.4 Å². The third-order valence-electron chi connectivity index (χ3n) is 5.50. The average Bonchev–Trinajstić information content (AvgIpc) is 2.91. The number of ether oxygens (including phenoxy) is 5. The fourth-order valence-corrected chi connectivity index (χ4v) is 3.53. The van der Waals surface area contributed by atoms with Gasteiger partial charge in [0.25, 0.3) is 0 Å². The molecule has 1 aliphatic rings. The molecule has 0 aromatic heterocycles. The van der Waals surface area contributed by atoms with Crippen LogP contribution in [-0.4, -0.2) is 89.6 Å². The minimum absolute atomic E-state index is 0.0614. The van der Waals surface area contributed by atoms with E-state index in [4.69, 9.17) is 28.8 Å². The second-order valence-corrected chi connectivity index (χ2v) is 8.03. The molecule has 1 aliphatic heterocycles. The van der Waals surface area contributed by atoms with Gasteiger partial charge >= 0.3 is 5.97 Å². The smallest absolute Gasteiger partial charge is 0.330 e. The van der Waals surface area contributed by atoms with Crippen molar-refractivity contribution in [1.82, 2.24) is 0 Å². The molecule has 11 heteroatoms. The molecule has 0 radical (unpaired) electrons. The highest BCUT2D eigenvalue weighted by molar-refractivity contribution is 5.87. The number of rotatable bonds is 10. The first-order chi connectivity index (χ1) is 17.8. The summed E-state index contributed by atoms with van der Waals surface area (Å²) in [7, 11) is 2.79. The number of phenolic OH excluding ortho intramolecular Hbond substituents is 1. The van der Waals surface area contributed by atoms with Crippen molar-refractivity contribution < 1.29 is 54.0 Å². The number of hydrogen-bond acceptors (Lipinski definition) is 11. The lowest BCUT2D eigenvalue weighted by atomic mass is 9.99. The quantitative estimate of drug-likeness (QED) is 0.224. The maximum absolute atomic E-state index is 12.1. The summed E-state index contributed by atoms with van der Waals surface area (Å²) in [5.74, 6) is -0.153. The van der Waals surface area contributed by atoms with Gasteiger partial charge in [-0.3, -0.25) is 0 Å². The van der Waals surface area contributed by atoms with Gasteiger partial charge in [0.15, 0.2) is 11.5 Å². The van der Waals surface area contributed by atoms with Gasteiger partial charge in [0.05, 0.1) is 20.8 Å². The standard InChI is InChI=1S/C26H30O11/c1-33-18-12-16(4-3-11-27)13-19(34-2)25(18)37-26-24(32)23(31)22(30)20(36-26)14-35-21(29)10-7-15-5-8-17(28)9-6-15/h3-10,12-13,20,22-24,26-28,30-32H,11,14H2,1-2H3/b4-3+,10-7+/t20-,22-,23+,24-,26+/m1/s1. The van der Waals surface area contributed by atoms with E-state index in [9.17, 15) is 25.2 Å². The van der Waals surface area contributed by atoms with Gasteiger partial charge in [-0.1, -0.05) is 24.3 Å². The van der Waals surface area contributed by atoms with Crippen molar-refractivity contribution in [2.45, 2.75) is 30.7 Å². The Morgan fingerprint density at radius 2 is 1.59 bits per heavy atom. The number of carbonyl (C=O) groups is 1. The summed E-state index contributed by atoms with van der Waals surface area (Å²) in [6, 6.07) is 9.34. The van der Waals surface area contributed by atoms with Gasteiger partial charge in [0, 0.05) is 6.08 Å². The van der Waals surface area contributed by atoms with Crippen LogP contribution < -0.4 is 14.2 Å². The summed E-state index contributed by atoms with van der Waals surface area (Å²) in [4.78, 5) is 12.1. The van der Waals surface area contributed by atoms with Crippen LogP contribution in [0, 0.1) is 0 Å². The number of aliphatic hydroxyl groups excluding tert-OH is 4. The fraction of sp³-hybridized carbons (Fsp3) is 0.346. The van der Waals surface area contributed by atoms with Crippen LogP contribution in [0.2, 0.25) is 0 Å². The molecule has 1 heterocycles. The molecule has 2 aromatic carbocycles. The Bertz CT molecular complexity index is 1070. The van der Waals surface area contributed by atoms with Gasteiger partial charge in [-0.2, -0.15) is 0 Å². The zero-order valence-electron chi connectivity index (χ0n) is 20.3. The first kappa shape index (κ1) is 28.0. The minimum Gasteiger partial charge on any atom is -0.508 e. The molecule has 200 valence electrons. The van der Waals surface area contributed by atoms with Gasteiger partial charge in [-0.25, -0.2) is 4.79 Å². The molecule has 0 spiro atoms. The monoisotopic (exact) mass is 518 g/mol. The Labute approximate surface area is 213 Å². The summed E-state index contributed by atoms with van der Waals surface area (Å²) in [5.41, 5.74) is 1.29.